The van der Waals surface area contributed by atoms with Crippen molar-refractivity contribution in [1.82, 2.24) is 4.90 Å². The lowest BCUT2D eigenvalue weighted by atomic mass is 9.95. The van der Waals surface area contributed by atoms with Crippen LogP contribution in [0, 0.1) is 17.2 Å². The smallest absolute Gasteiger partial charge is 0.228 e. The predicted molar refractivity (Wildman–Crippen MR) is 89.3 cm³/mol. The third kappa shape index (κ3) is 3.25. The molecule has 6 heteroatoms. The van der Waals surface area contributed by atoms with E-state index < -0.39 is 0 Å². The molecule has 1 N–H and O–H groups in total. The second kappa shape index (κ2) is 6.71. The van der Waals surface area contributed by atoms with Gasteiger partial charge >= 0.3 is 0 Å². The summed E-state index contributed by atoms with van der Waals surface area (Å²) in [6.07, 6.45) is 5.63. The van der Waals surface area contributed by atoms with Crippen LogP contribution in [0.25, 0.3) is 0 Å². The van der Waals surface area contributed by atoms with Crippen LogP contribution < -0.4 is 5.32 Å². The number of nitrogens with one attached hydrogen (secondary N) is 1. The molecule has 0 bridgehead atoms. The molecule has 2 heterocycles. The molecule has 5 nitrogen and oxygen atoms in total. The number of aryl methyl sites for hydroxylation is 1. The first-order valence-corrected chi connectivity index (χ1v) is 9.02. The van der Waals surface area contributed by atoms with E-state index in [4.69, 9.17) is 0 Å². The molecule has 122 valence electrons. The number of likely N-dealkylation sites (tertiary alicyclic amines) is 1. The number of nitriles is 1. The summed E-state index contributed by atoms with van der Waals surface area (Å²) in [7, 11) is 0. The number of piperidine rings is 1. The Kier molecular flexibility index (Phi) is 4.67. The fourth-order valence-electron chi connectivity index (χ4n) is 3.44. The maximum absolute atomic E-state index is 12.5. The Morgan fingerprint density at radius 2 is 1.96 bits per heavy atom. The maximum Gasteiger partial charge on any atom is 0.228 e. The van der Waals surface area contributed by atoms with Crippen LogP contribution >= 0.6 is 11.3 Å². The molecule has 0 spiro atoms. The molecule has 0 radical (unpaired) electrons. The molecule has 1 aliphatic carbocycles. The Balaban J connectivity index is 1.68. The molecule has 0 unspecified atom stereocenters. The van der Waals surface area contributed by atoms with Crippen molar-refractivity contribution in [2.75, 3.05) is 18.4 Å². The van der Waals surface area contributed by atoms with E-state index in [1.54, 1.807) is 23.2 Å². The van der Waals surface area contributed by atoms with Crippen molar-refractivity contribution in [2.24, 2.45) is 5.92 Å². The summed E-state index contributed by atoms with van der Waals surface area (Å²) in [5.41, 5.74) is 1.81. The summed E-state index contributed by atoms with van der Waals surface area (Å²) in [5, 5.41) is 13.2. The quantitative estimate of drug-likeness (QED) is 0.905. The first kappa shape index (κ1) is 16.0. The number of hydrogen-bond acceptors (Lipinski definition) is 4. The predicted octanol–water partition coefficient (Wildman–Crippen LogP) is 2.70. The monoisotopic (exact) mass is 331 g/mol. The van der Waals surface area contributed by atoms with Gasteiger partial charge in [0.05, 0.1) is 5.56 Å². The van der Waals surface area contributed by atoms with Gasteiger partial charge in [-0.15, -0.1) is 11.3 Å². The molecule has 0 aromatic carbocycles. The van der Waals surface area contributed by atoms with Crippen LogP contribution in [0.3, 0.4) is 0 Å². The lowest BCUT2D eigenvalue weighted by Gasteiger charge is -2.30. The van der Waals surface area contributed by atoms with E-state index in [0.29, 0.717) is 31.5 Å². The molecule has 0 atom stereocenters. The van der Waals surface area contributed by atoms with E-state index in [0.717, 1.165) is 36.2 Å². The minimum atomic E-state index is -0.0729. The van der Waals surface area contributed by atoms with Gasteiger partial charge in [0.25, 0.3) is 0 Å². The summed E-state index contributed by atoms with van der Waals surface area (Å²) < 4.78 is 0. The molecule has 23 heavy (non-hydrogen) atoms. The van der Waals surface area contributed by atoms with Gasteiger partial charge in [-0.1, -0.05) is 0 Å². The number of amides is 2. The number of carbonyl (C=O) groups excluding carboxylic acids is 2. The fraction of sp³-hybridized carbons (Fsp3) is 0.588. The minimum Gasteiger partial charge on any atom is -0.343 e. The molecule has 1 aromatic rings. The average molecular weight is 331 g/mol. The van der Waals surface area contributed by atoms with Crippen LogP contribution in [-0.2, 0) is 22.4 Å². The maximum atomic E-state index is 12.5. The lowest BCUT2D eigenvalue weighted by molar-refractivity contribution is -0.132. The molecule has 1 fully saturated rings. The van der Waals surface area contributed by atoms with Crippen LogP contribution in [0.1, 0.15) is 48.6 Å². The molecular weight excluding hydrogens is 310 g/mol. The van der Waals surface area contributed by atoms with Crippen LogP contribution in [-0.4, -0.2) is 29.8 Å². The Morgan fingerprint density at radius 1 is 1.26 bits per heavy atom. The summed E-state index contributed by atoms with van der Waals surface area (Å²) in [6, 6.07) is 2.28. The summed E-state index contributed by atoms with van der Waals surface area (Å²) in [6.45, 7) is 2.84. The highest BCUT2D eigenvalue weighted by Gasteiger charge is 2.28. The van der Waals surface area contributed by atoms with Gasteiger partial charge in [-0.05, 0) is 44.1 Å². The SMILES string of the molecule is CC(=O)N1CCC(C(=O)Nc2sc3c(c2C#N)CCCC3)CC1. The summed E-state index contributed by atoms with van der Waals surface area (Å²) >= 11 is 1.57. The van der Waals surface area contributed by atoms with E-state index in [-0.39, 0.29) is 17.7 Å². The van der Waals surface area contributed by atoms with Crippen molar-refractivity contribution in [2.45, 2.75) is 45.4 Å². The van der Waals surface area contributed by atoms with Crippen molar-refractivity contribution in [1.29, 1.82) is 5.26 Å². The van der Waals surface area contributed by atoms with Crippen molar-refractivity contribution in [3.05, 3.63) is 16.0 Å². The molecule has 1 aromatic heterocycles. The van der Waals surface area contributed by atoms with Gasteiger partial charge < -0.3 is 10.2 Å². The highest BCUT2D eigenvalue weighted by atomic mass is 32.1. The van der Waals surface area contributed by atoms with Gasteiger partial charge in [0.2, 0.25) is 11.8 Å². The second-order valence-corrected chi connectivity index (χ2v) is 7.40. The van der Waals surface area contributed by atoms with Gasteiger partial charge in [-0.3, -0.25) is 9.59 Å². The number of fused-ring (bicyclic) bond motifs is 1. The molecule has 2 amide bonds. The number of carbonyl (C=O) groups is 2. The molecule has 3 rings (SSSR count). The molecule has 1 aliphatic heterocycles. The number of anilines is 1. The summed E-state index contributed by atoms with van der Waals surface area (Å²) in [5.74, 6) is -0.0128. The largest absolute Gasteiger partial charge is 0.343 e. The van der Waals surface area contributed by atoms with Gasteiger partial charge in [0.1, 0.15) is 11.1 Å². The number of thiophene rings is 1. The van der Waals surface area contributed by atoms with Gasteiger partial charge in [0, 0.05) is 30.8 Å². The van der Waals surface area contributed by atoms with Gasteiger partial charge in [-0.25, -0.2) is 0 Å². The topological polar surface area (TPSA) is 73.2 Å². The molecular formula is C17H21N3O2S. The number of nitrogens with zero attached hydrogens (tertiary/aromatic N) is 2. The highest BCUT2D eigenvalue weighted by Crippen LogP contribution is 2.38. The van der Waals surface area contributed by atoms with Gasteiger partial charge in [0.15, 0.2) is 0 Å². The first-order valence-electron chi connectivity index (χ1n) is 8.21. The van der Waals surface area contributed by atoms with E-state index in [1.807, 2.05) is 0 Å². The third-order valence-corrected chi connectivity index (χ3v) is 6.04. The highest BCUT2D eigenvalue weighted by molar-refractivity contribution is 7.16. The standard InChI is InChI=1S/C17H21N3O2S/c1-11(21)20-8-6-12(7-9-20)16(22)19-17-14(10-18)13-4-2-3-5-15(13)23-17/h12H,2-9H2,1H3,(H,19,22). The van der Waals surface area contributed by atoms with Crippen molar-refractivity contribution >= 4 is 28.2 Å². The number of rotatable bonds is 2. The van der Waals surface area contributed by atoms with Crippen LogP contribution in [0.4, 0.5) is 5.00 Å². The summed E-state index contributed by atoms with van der Waals surface area (Å²) in [4.78, 5) is 26.9. The normalized spacial score (nSPS) is 18.2. The zero-order valence-corrected chi connectivity index (χ0v) is 14.2. The van der Waals surface area contributed by atoms with E-state index in [1.165, 1.54) is 4.88 Å². The van der Waals surface area contributed by atoms with Crippen LogP contribution in [0.15, 0.2) is 0 Å². The molecule has 2 aliphatic rings. The van der Waals surface area contributed by atoms with Gasteiger partial charge in [-0.2, -0.15) is 5.26 Å². The Morgan fingerprint density at radius 3 is 2.61 bits per heavy atom. The lowest BCUT2D eigenvalue weighted by Crippen LogP contribution is -2.40. The zero-order chi connectivity index (χ0) is 16.4. The van der Waals surface area contributed by atoms with Crippen molar-refractivity contribution in [3.63, 3.8) is 0 Å². The Labute approximate surface area is 140 Å². The van der Waals surface area contributed by atoms with E-state index in [2.05, 4.69) is 11.4 Å². The van der Waals surface area contributed by atoms with Crippen molar-refractivity contribution in [3.8, 4) is 6.07 Å². The second-order valence-electron chi connectivity index (χ2n) is 6.30. The number of hydrogen-bond donors (Lipinski definition) is 1. The van der Waals surface area contributed by atoms with E-state index >= 15 is 0 Å². The first-order chi connectivity index (χ1) is 11.1. The van der Waals surface area contributed by atoms with E-state index in [9.17, 15) is 14.9 Å². The minimum absolute atomic E-state index is 0.0108. The Bertz CT molecular complexity index is 666. The Hall–Kier alpha value is -1.87. The molecule has 0 saturated carbocycles. The fourth-order valence-corrected chi connectivity index (χ4v) is 4.69. The molecule has 1 saturated heterocycles. The van der Waals surface area contributed by atoms with Crippen LogP contribution in [0.5, 0.6) is 0 Å². The van der Waals surface area contributed by atoms with Crippen LogP contribution in [0.2, 0.25) is 0 Å². The zero-order valence-electron chi connectivity index (χ0n) is 13.4. The van der Waals surface area contributed by atoms with Crippen molar-refractivity contribution < 1.29 is 9.59 Å². The third-order valence-electron chi connectivity index (χ3n) is 4.83. The average Bonchev–Trinajstić information content (AvgIpc) is 2.91.